The van der Waals surface area contributed by atoms with Crippen LogP contribution in [0.25, 0.3) is 0 Å². The van der Waals surface area contributed by atoms with Crippen LogP contribution < -0.4 is 4.90 Å². The lowest BCUT2D eigenvalue weighted by Crippen LogP contribution is -2.56. The Balaban J connectivity index is 2.23. The molecule has 1 aliphatic heterocycles. The van der Waals surface area contributed by atoms with Gasteiger partial charge in [0.15, 0.2) is 0 Å². The van der Waals surface area contributed by atoms with Crippen molar-refractivity contribution in [3.8, 4) is 6.07 Å². The van der Waals surface area contributed by atoms with E-state index in [2.05, 4.69) is 61.0 Å². The Morgan fingerprint density at radius 3 is 2.74 bits per heavy atom. The van der Waals surface area contributed by atoms with Gasteiger partial charge in [0.05, 0.1) is 12.5 Å². The third-order valence-corrected chi connectivity index (χ3v) is 4.23. The van der Waals surface area contributed by atoms with Gasteiger partial charge in [0.25, 0.3) is 0 Å². The number of aryl methyl sites for hydroxylation is 1. The Morgan fingerprint density at radius 1 is 1.32 bits per heavy atom. The summed E-state index contributed by atoms with van der Waals surface area (Å²) in [5, 5.41) is 8.98. The average Bonchev–Trinajstić information content (AvgIpc) is 2.43. The molecule has 3 nitrogen and oxygen atoms in total. The predicted molar refractivity (Wildman–Crippen MR) is 79.3 cm³/mol. The Bertz CT molecular complexity index is 463. The maximum Gasteiger partial charge on any atom is 0.0638 e. The SMILES string of the molecule is CCc1ccccc1N1CC(C)N(C)C(CC#N)C1. The molecule has 0 aliphatic carbocycles. The molecule has 0 amide bonds. The number of rotatable bonds is 3. The van der Waals surface area contributed by atoms with Crippen LogP contribution in [0.3, 0.4) is 0 Å². The molecule has 1 fully saturated rings. The molecule has 1 aromatic carbocycles. The van der Waals surface area contributed by atoms with Crippen molar-refractivity contribution >= 4 is 5.69 Å². The zero-order chi connectivity index (χ0) is 13.8. The molecule has 2 atom stereocenters. The molecule has 0 spiro atoms. The molecule has 0 saturated carbocycles. The average molecular weight is 257 g/mol. The van der Waals surface area contributed by atoms with Crippen molar-refractivity contribution in [3.05, 3.63) is 29.8 Å². The fourth-order valence-electron chi connectivity index (χ4n) is 2.89. The second-order valence-corrected chi connectivity index (χ2v) is 5.42. The fraction of sp³-hybridized carbons (Fsp3) is 0.562. The van der Waals surface area contributed by atoms with E-state index in [0.717, 1.165) is 19.5 Å². The van der Waals surface area contributed by atoms with E-state index in [1.807, 2.05) is 0 Å². The van der Waals surface area contributed by atoms with Gasteiger partial charge in [-0.2, -0.15) is 5.26 Å². The van der Waals surface area contributed by atoms with Crippen molar-refractivity contribution in [1.29, 1.82) is 5.26 Å². The van der Waals surface area contributed by atoms with Gasteiger partial charge < -0.3 is 4.90 Å². The van der Waals surface area contributed by atoms with Crippen LogP contribution in [0.4, 0.5) is 5.69 Å². The van der Waals surface area contributed by atoms with Crippen LogP contribution >= 0.6 is 0 Å². The summed E-state index contributed by atoms with van der Waals surface area (Å²) in [6.07, 6.45) is 1.66. The Hall–Kier alpha value is -1.53. The summed E-state index contributed by atoms with van der Waals surface area (Å²) < 4.78 is 0. The minimum absolute atomic E-state index is 0.332. The first kappa shape index (κ1) is 13.9. The molecule has 0 radical (unpaired) electrons. The number of likely N-dealkylation sites (N-methyl/N-ethyl adjacent to an activating group) is 1. The van der Waals surface area contributed by atoms with Crippen LogP contribution in [0.2, 0.25) is 0 Å². The van der Waals surface area contributed by atoms with Crippen LogP contribution in [0.5, 0.6) is 0 Å². The second-order valence-electron chi connectivity index (χ2n) is 5.42. The third-order valence-electron chi connectivity index (χ3n) is 4.23. The summed E-state index contributed by atoms with van der Waals surface area (Å²) in [5.41, 5.74) is 2.74. The van der Waals surface area contributed by atoms with Gasteiger partial charge in [0, 0.05) is 30.9 Å². The molecule has 3 heteroatoms. The smallest absolute Gasteiger partial charge is 0.0638 e. The van der Waals surface area contributed by atoms with Gasteiger partial charge in [-0.1, -0.05) is 25.1 Å². The largest absolute Gasteiger partial charge is 0.368 e. The summed E-state index contributed by atoms with van der Waals surface area (Å²) in [7, 11) is 2.13. The van der Waals surface area contributed by atoms with E-state index in [1.165, 1.54) is 11.3 Å². The molecule has 1 heterocycles. The number of hydrogen-bond donors (Lipinski definition) is 0. The van der Waals surface area contributed by atoms with Gasteiger partial charge in [-0.3, -0.25) is 4.90 Å². The van der Waals surface area contributed by atoms with Gasteiger partial charge in [-0.15, -0.1) is 0 Å². The number of nitrogens with zero attached hydrogens (tertiary/aromatic N) is 3. The number of piperazine rings is 1. The van der Waals surface area contributed by atoms with Crippen molar-refractivity contribution < 1.29 is 0 Å². The van der Waals surface area contributed by atoms with Gasteiger partial charge in [-0.25, -0.2) is 0 Å². The predicted octanol–water partition coefficient (Wildman–Crippen LogP) is 2.67. The highest BCUT2D eigenvalue weighted by Gasteiger charge is 2.29. The molecular weight excluding hydrogens is 234 g/mol. The van der Waals surface area contributed by atoms with E-state index in [1.54, 1.807) is 0 Å². The molecule has 1 aliphatic rings. The van der Waals surface area contributed by atoms with Gasteiger partial charge in [0.2, 0.25) is 0 Å². The first-order valence-corrected chi connectivity index (χ1v) is 7.09. The van der Waals surface area contributed by atoms with E-state index < -0.39 is 0 Å². The summed E-state index contributed by atoms with van der Waals surface area (Å²) in [4.78, 5) is 4.79. The summed E-state index contributed by atoms with van der Waals surface area (Å²) >= 11 is 0. The summed E-state index contributed by atoms with van der Waals surface area (Å²) in [6, 6.07) is 11.8. The first-order valence-electron chi connectivity index (χ1n) is 7.09. The summed E-state index contributed by atoms with van der Waals surface area (Å²) in [5.74, 6) is 0. The van der Waals surface area contributed by atoms with Gasteiger partial charge >= 0.3 is 0 Å². The zero-order valence-electron chi connectivity index (χ0n) is 12.1. The molecule has 0 aromatic heterocycles. The third kappa shape index (κ3) is 2.90. The van der Waals surface area contributed by atoms with Crippen LogP contribution in [0.1, 0.15) is 25.8 Å². The highest BCUT2D eigenvalue weighted by molar-refractivity contribution is 5.54. The van der Waals surface area contributed by atoms with E-state index in [9.17, 15) is 0 Å². The lowest BCUT2D eigenvalue weighted by atomic mass is 10.0. The molecular formula is C16H23N3. The zero-order valence-corrected chi connectivity index (χ0v) is 12.1. The monoisotopic (exact) mass is 257 g/mol. The van der Waals surface area contributed by atoms with Crippen molar-refractivity contribution in [3.63, 3.8) is 0 Å². The topological polar surface area (TPSA) is 30.3 Å². The number of hydrogen-bond acceptors (Lipinski definition) is 3. The Labute approximate surface area is 116 Å². The minimum Gasteiger partial charge on any atom is -0.368 e. The van der Waals surface area contributed by atoms with E-state index >= 15 is 0 Å². The quantitative estimate of drug-likeness (QED) is 0.834. The van der Waals surface area contributed by atoms with Crippen LogP contribution in [0.15, 0.2) is 24.3 Å². The number of para-hydroxylation sites is 1. The molecule has 1 saturated heterocycles. The minimum atomic E-state index is 0.332. The molecule has 0 bridgehead atoms. The molecule has 2 rings (SSSR count). The number of benzene rings is 1. The van der Waals surface area contributed by atoms with Crippen molar-refractivity contribution in [1.82, 2.24) is 4.90 Å². The van der Waals surface area contributed by atoms with E-state index in [0.29, 0.717) is 18.5 Å². The lowest BCUT2D eigenvalue weighted by Gasteiger charge is -2.44. The molecule has 1 aromatic rings. The maximum absolute atomic E-state index is 8.98. The van der Waals surface area contributed by atoms with Crippen molar-refractivity contribution in [2.24, 2.45) is 0 Å². The van der Waals surface area contributed by atoms with Crippen LogP contribution in [-0.4, -0.2) is 37.1 Å². The number of anilines is 1. The maximum atomic E-state index is 8.98. The lowest BCUT2D eigenvalue weighted by molar-refractivity contribution is 0.160. The molecule has 19 heavy (non-hydrogen) atoms. The normalized spacial score (nSPS) is 24.2. The Morgan fingerprint density at radius 2 is 2.05 bits per heavy atom. The van der Waals surface area contributed by atoms with Crippen LogP contribution in [0, 0.1) is 11.3 Å². The van der Waals surface area contributed by atoms with Crippen molar-refractivity contribution in [2.45, 2.75) is 38.8 Å². The standard InChI is InChI=1S/C16H23N3/c1-4-14-7-5-6-8-16(14)19-11-13(2)18(3)15(12-19)9-10-17/h5-8,13,15H,4,9,11-12H2,1-3H3. The first-order chi connectivity index (χ1) is 9.17. The second kappa shape index (κ2) is 6.08. The van der Waals surface area contributed by atoms with Gasteiger partial charge in [-0.05, 0) is 32.0 Å². The number of nitriles is 1. The highest BCUT2D eigenvalue weighted by Crippen LogP contribution is 2.26. The molecule has 102 valence electrons. The van der Waals surface area contributed by atoms with Crippen molar-refractivity contribution in [2.75, 3.05) is 25.0 Å². The van der Waals surface area contributed by atoms with E-state index in [-0.39, 0.29) is 0 Å². The van der Waals surface area contributed by atoms with E-state index in [4.69, 9.17) is 5.26 Å². The van der Waals surface area contributed by atoms with Gasteiger partial charge in [0.1, 0.15) is 0 Å². The molecule has 2 unspecified atom stereocenters. The summed E-state index contributed by atoms with van der Waals surface area (Å²) in [6.45, 7) is 6.43. The highest BCUT2D eigenvalue weighted by atomic mass is 15.3. The fourth-order valence-corrected chi connectivity index (χ4v) is 2.89. The Kier molecular flexibility index (Phi) is 4.44. The molecule has 0 N–H and O–H groups in total. The van der Waals surface area contributed by atoms with Crippen LogP contribution in [-0.2, 0) is 6.42 Å².